The first-order chi connectivity index (χ1) is 7.60. The molecule has 0 aliphatic carbocycles. The van der Waals surface area contributed by atoms with Gasteiger partial charge in [0.15, 0.2) is 0 Å². The molecule has 0 saturated heterocycles. The van der Waals surface area contributed by atoms with Gasteiger partial charge in [-0.15, -0.1) is 0 Å². The van der Waals surface area contributed by atoms with Crippen LogP contribution in [0.25, 0.3) is 0 Å². The van der Waals surface area contributed by atoms with Crippen molar-refractivity contribution in [1.82, 2.24) is 10.2 Å². The summed E-state index contributed by atoms with van der Waals surface area (Å²) < 4.78 is 36.8. The van der Waals surface area contributed by atoms with E-state index in [0.29, 0.717) is 13.1 Å². The molecular formula is C12H25F3N2. The molecule has 0 heterocycles. The lowest BCUT2D eigenvalue weighted by atomic mass is 9.85. The van der Waals surface area contributed by atoms with Gasteiger partial charge in [0.25, 0.3) is 0 Å². The number of halogens is 3. The van der Waals surface area contributed by atoms with E-state index in [1.807, 2.05) is 7.05 Å². The standard InChI is InChI=1S/C12H25F3N2/c1-6-17(9-12(13,14)15)8-7-10(16-5)11(2,3)4/h10,16H,6-9H2,1-5H3. The lowest BCUT2D eigenvalue weighted by Gasteiger charge is -2.32. The van der Waals surface area contributed by atoms with Crippen LogP contribution in [0.1, 0.15) is 34.1 Å². The van der Waals surface area contributed by atoms with E-state index in [-0.39, 0.29) is 11.5 Å². The van der Waals surface area contributed by atoms with E-state index in [1.54, 1.807) is 6.92 Å². The van der Waals surface area contributed by atoms with Crippen molar-refractivity contribution in [3.05, 3.63) is 0 Å². The Morgan fingerprint density at radius 3 is 2.00 bits per heavy atom. The van der Waals surface area contributed by atoms with Crippen LogP contribution in [0.2, 0.25) is 0 Å². The summed E-state index contributed by atoms with van der Waals surface area (Å²) in [5.41, 5.74) is 0.0619. The number of nitrogens with one attached hydrogen (secondary N) is 1. The van der Waals surface area contributed by atoms with Gasteiger partial charge >= 0.3 is 6.18 Å². The molecule has 0 rings (SSSR count). The Morgan fingerprint density at radius 2 is 1.71 bits per heavy atom. The molecule has 0 radical (unpaired) electrons. The van der Waals surface area contributed by atoms with Crippen LogP contribution in [0.3, 0.4) is 0 Å². The van der Waals surface area contributed by atoms with Crippen molar-refractivity contribution in [3.63, 3.8) is 0 Å². The van der Waals surface area contributed by atoms with E-state index < -0.39 is 12.7 Å². The monoisotopic (exact) mass is 254 g/mol. The highest BCUT2D eigenvalue weighted by molar-refractivity contribution is 4.80. The second-order valence-electron chi connectivity index (χ2n) is 5.48. The zero-order chi connectivity index (χ0) is 13.7. The Bertz CT molecular complexity index is 209. The summed E-state index contributed by atoms with van der Waals surface area (Å²) in [4.78, 5) is 1.44. The summed E-state index contributed by atoms with van der Waals surface area (Å²) in [6.07, 6.45) is -3.38. The molecule has 0 fully saturated rings. The zero-order valence-electron chi connectivity index (χ0n) is 11.5. The second kappa shape index (κ2) is 6.59. The molecule has 1 atom stereocenters. The Hall–Kier alpha value is -0.290. The first-order valence-corrected chi connectivity index (χ1v) is 6.06. The van der Waals surface area contributed by atoms with E-state index in [4.69, 9.17) is 0 Å². The average Bonchev–Trinajstić information content (AvgIpc) is 2.12. The number of nitrogens with zero attached hydrogens (tertiary/aromatic N) is 1. The highest BCUT2D eigenvalue weighted by Gasteiger charge is 2.31. The molecule has 1 N–H and O–H groups in total. The largest absolute Gasteiger partial charge is 0.401 e. The molecule has 0 spiro atoms. The van der Waals surface area contributed by atoms with Crippen molar-refractivity contribution < 1.29 is 13.2 Å². The molecule has 0 aromatic carbocycles. The van der Waals surface area contributed by atoms with Gasteiger partial charge in [0.1, 0.15) is 0 Å². The minimum atomic E-state index is -4.10. The molecule has 0 aliphatic rings. The van der Waals surface area contributed by atoms with E-state index in [9.17, 15) is 13.2 Å². The first-order valence-electron chi connectivity index (χ1n) is 6.06. The molecule has 0 amide bonds. The van der Waals surface area contributed by atoms with E-state index in [2.05, 4.69) is 26.1 Å². The van der Waals surface area contributed by atoms with Gasteiger partial charge in [0.2, 0.25) is 0 Å². The Balaban J connectivity index is 4.22. The maximum Gasteiger partial charge on any atom is 0.401 e. The highest BCUT2D eigenvalue weighted by atomic mass is 19.4. The maximum atomic E-state index is 12.3. The third-order valence-electron chi connectivity index (χ3n) is 2.98. The molecule has 17 heavy (non-hydrogen) atoms. The van der Waals surface area contributed by atoms with Crippen molar-refractivity contribution in [2.45, 2.75) is 46.3 Å². The quantitative estimate of drug-likeness (QED) is 0.784. The third-order valence-corrected chi connectivity index (χ3v) is 2.98. The summed E-state index contributed by atoms with van der Waals surface area (Å²) >= 11 is 0. The van der Waals surface area contributed by atoms with Crippen LogP contribution < -0.4 is 5.32 Å². The van der Waals surface area contributed by atoms with Gasteiger partial charge in [-0.2, -0.15) is 13.2 Å². The second-order valence-corrected chi connectivity index (χ2v) is 5.48. The van der Waals surface area contributed by atoms with Crippen molar-refractivity contribution >= 4 is 0 Å². The molecule has 5 heteroatoms. The third kappa shape index (κ3) is 7.60. The van der Waals surface area contributed by atoms with E-state index in [0.717, 1.165) is 6.42 Å². The predicted molar refractivity (Wildman–Crippen MR) is 65.1 cm³/mol. The van der Waals surface area contributed by atoms with Gasteiger partial charge in [-0.25, -0.2) is 0 Å². The van der Waals surface area contributed by atoms with Gasteiger partial charge in [0.05, 0.1) is 6.54 Å². The Kier molecular flexibility index (Phi) is 6.48. The van der Waals surface area contributed by atoms with Crippen LogP contribution >= 0.6 is 0 Å². The molecule has 0 aromatic rings. The van der Waals surface area contributed by atoms with Gasteiger partial charge < -0.3 is 5.32 Å². The zero-order valence-corrected chi connectivity index (χ0v) is 11.5. The maximum absolute atomic E-state index is 12.3. The number of alkyl halides is 3. The number of rotatable bonds is 6. The van der Waals surface area contributed by atoms with Crippen LogP contribution in [0.5, 0.6) is 0 Å². The Morgan fingerprint density at radius 1 is 1.18 bits per heavy atom. The molecule has 2 nitrogen and oxygen atoms in total. The average molecular weight is 254 g/mol. The molecular weight excluding hydrogens is 229 g/mol. The van der Waals surface area contributed by atoms with Crippen LogP contribution in [0, 0.1) is 5.41 Å². The molecule has 0 aliphatic heterocycles. The lowest BCUT2D eigenvalue weighted by Crippen LogP contribution is -2.42. The minimum Gasteiger partial charge on any atom is -0.316 e. The summed E-state index contributed by atoms with van der Waals surface area (Å²) in [5, 5.41) is 3.18. The van der Waals surface area contributed by atoms with Gasteiger partial charge in [-0.05, 0) is 32.0 Å². The molecule has 0 bridgehead atoms. The number of hydrogen-bond donors (Lipinski definition) is 1. The van der Waals surface area contributed by atoms with Crippen LogP contribution in [0.15, 0.2) is 0 Å². The van der Waals surface area contributed by atoms with Crippen molar-refractivity contribution in [2.75, 3.05) is 26.7 Å². The van der Waals surface area contributed by atoms with Crippen LogP contribution in [0.4, 0.5) is 13.2 Å². The predicted octanol–water partition coefficient (Wildman–Crippen LogP) is 2.89. The van der Waals surface area contributed by atoms with Gasteiger partial charge in [-0.3, -0.25) is 4.90 Å². The smallest absolute Gasteiger partial charge is 0.316 e. The van der Waals surface area contributed by atoms with E-state index in [1.165, 1.54) is 4.90 Å². The van der Waals surface area contributed by atoms with Crippen molar-refractivity contribution in [3.8, 4) is 0 Å². The highest BCUT2D eigenvalue weighted by Crippen LogP contribution is 2.22. The summed E-state index contributed by atoms with van der Waals surface area (Å²) in [6, 6.07) is 0.227. The molecule has 0 saturated carbocycles. The van der Waals surface area contributed by atoms with Crippen LogP contribution in [-0.4, -0.2) is 43.8 Å². The van der Waals surface area contributed by atoms with Crippen LogP contribution in [-0.2, 0) is 0 Å². The fourth-order valence-corrected chi connectivity index (χ4v) is 1.92. The summed E-state index contributed by atoms with van der Waals surface area (Å²) in [6.45, 7) is 8.12. The van der Waals surface area contributed by atoms with Crippen molar-refractivity contribution in [1.29, 1.82) is 0 Å². The molecule has 0 aromatic heterocycles. The lowest BCUT2D eigenvalue weighted by molar-refractivity contribution is -0.145. The molecule has 1 unspecified atom stereocenters. The Labute approximate surface area is 103 Å². The minimum absolute atomic E-state index is 0.0619. The SMILES string of the molecule is CCN(CCC(NC)C(C)(C)C)CC(F)(F)F. The fourth-order valence-electron chi connectivity index (χ4n) is 1.92. The first kappa shape index (κ1) is 16.7. The van der Waals surface area contributed by atoms with E-state index >= 15 is 0 Å². The summed E-state index contributed by atoms with van der Waals surface area (Å²) in [5.74, 6) is 0. The van der Waals surface area contributed by atoms with Gasteiger partial charge in [-0.1, -0.05) is 27.7 Å². The van der Waals surface area contributed by atoms with Crippen molar-refractivity contribution in [2.24, 2.45) is 5.41 Å². The fraction of sp³-hybridized carbons (Fsp3) is 1.00. The van der Waals surface area contributed by atoms with Gasteiger partial charge in [0, 0.05) is 6.04 Å². The summed E-state index contributed by atoms with van der Waals surface area (Å²) in [7, 11) is 1.86. The number of hydrogen-bond acceptors (Lipinski definition) is 2. The topological polar surface area (TPSA) is 15.3 Å². The molecule has 104 valence electrons. The normalized spacial score (nSPS) is 15.4.